The maximum atomic E-state index is 13.1. The molecule has 4 rings (SSSR count). The van der Waals surface area contributed by atoms with Gasteiger partial charge in [-0.05, 0) is 105 Å². The molecule has 0 aliphatic heterocycles. The van der Waals surface area contributed by atoms with E-state index in [9.17, 15) is 36.6 Å². The highest BCUT2D eigenvalue weighted by Gasteiger charge is 2.69. The van der Waals surface area contributed by atoms with Crippen molar-refractivity contribution in [3.8, 4) is 0 Å². The molecule has 0 spiro atoms. The van der Waals surface area contributed by atoms with Gasteiger partial charge in [-0.3, -0.25) is 0 Å². The average molecular weight is 519 g/mol. The van der Waals surface area contributed by atoms with Crippen LogP contribution in [0.5, 0.6) is 0 Å². The van der Waals surface area contributed by atoms with Gasteiger partial charge in [0.15, 0.2) is 0 Å². The molecule has 0 saturated heterocycles. The molecule has 0 radical (unpaired) electrons. The lowest BCUT2D eigenvalue weighted by molar-refractivity contribution is -0.347. The lowest BCUT2D eigenvalue weighted by Gasteiger charge is -2.45. The zero-order chi connectivity index (χ0) is 26.6. The first-order chi connectivity index (χ1) is 16.6. The van der Waals surface area contributed by atoms with Gasteiger partial charge in [-0.25, -0.2) is 0 Å². The van der Waals surface area contributed by atoms with Crippen molar-refractivity contribution in [3.05, 3.63) is 47.6 Å². The monoisotopic (exact) mass is 518 g/mol. The third-order valence-electron chi connectivity index (χ3n) is 9.53. The second kappa shape index (κ2) is 9.33. The Hall–Kier alpha value is -1.54. The molecule has 4 aliphatic rings. The van der Waals surface area contributed by atoms with Crippen LogP contribution in [-0.4, -0.2) is 34.3 Å². The third kappa shape index (κ3) is 4.84. The van der Waals surface area contributed by atoms with E-state index < -0.39 is 18.0 Å². The van der Waals surface area contributed by atoms with Crippen LogP contribution in [0, 0.1) is 22.7 Å². The summed E-state index contributed by atoms with van der Waals surface area (Å²) < 4.78 is 78.4. The van der Waals surface area contributed by atoms with Gasteiger partial charge in [0.2, 0.25) is 0 Å². The van der Waals surface area contributed by atoms with E-state index in [0.29, 0.717) is 12.3 Å². The number of aliphatic hydroxyl groups is 2. The quantitative estimate of drug-likeness (QED) is 0.289. The van der Waals surface area contributed by atoms with Crippen molar-refractivity contribution in [1.29, 1.82) is 0 Å². The maximum Gasteiger partial charge on any atom is 0.429 e. The first-order valence-electron chi connectivity index (χ1n) is 12.9. The molecule has 0 unspecified atom stereocenters. The van der Waals surface area contributed by atoms with Crippen LogP contribution in [-0.2, 0) is 0 Å². The molecular formula is C28H36F6O2. The van der Waals surface area contributed by atoms with Crippen LogP contribution in [0.4, 0.5) is 26.3 Å². The molecule has 0 aromatic rings. The number of allylic oxidation sites excluding steroid dienone is 5. The molecule has 0 aromatic carbocycles. The van der Waals surface area contributed by atoms with E-state index in [1.807, 2.05) is 0 Å². The fraction of sp³-hybridized carbons (Fsp3) is 0.714. The predicted octanol–water partition coefficient (Wildman–Crippen LogP) is 7.74. The standard InChI is InChI=1S/C28H36F6O2/c1-18-6-9-21(35)17-20(18)8-7-19-5-3-12-24(2)22(19)10-11-23(24)25(15-16-25)13-4-14-26(36,27(29,30)31)28(32,33)34/h4,7-8,14,21-23,35-36H,1,3,5-6,9-13,15-17H2,2H3/b14-4+,19-7+,20-8-/t21-,22-,23-,24-/m0/s1. The first kappa shape index (κ1) is 27.5. The molecule has 8 heteroatoms. The Morgan fingerprint density at radius 2 is 1.64 bits per heavy atom. The molecule has 0 amide bonds. The SMILES string of the molecule is C=C1CC[C@H](O)C/C1=C/C=C1\CCC[C@]2(C)[C@@H](C3(C/C=C/C(O)(C(F)(F)F)C(F)(F)F)CC3)CC[C@@H]12. The fourth-order valence-electron chi connectivity index (χ4n) is 7.31. The summed E-state index contributed by atoms with van der Waals surface area (Å²) in [6, 6.07) is 0. The molecule has 4 atom stereocenters. The minimum atomic E-state index is -5.83. The number of fused-ring (bicyclic) bond motifs is 1. The number of alkyl halides is 6. The summed E-state index contributed by atoms with van der Waals surface area (Å²) in [5.41, 5.74) is -1.71. The largest absolute Gasteiger partial charge is 0.429 e. The van der Waals surface area contributed by atoms with Crippen molar-refractivity contribution in [2.45, 2.75) is 102 Å². The lowest BCUT2D eigenvalue weighted by atomic mass is 9.59. The zero-order valence-corrected chi connectivity index (χ0v) is 20.7. The molecule has 202 valence electrons. The Balaban J connectivity index is 1.52. The topological polar surface area (TPSA) is 40.5 Å². The van der Waals surface area contributed by atoms with Crippen LogP contribution >= 0.6 is 0 Å². The second-order valence-electron chi connectivity index (χ2n) is 11.7. The van der Waals surface area contributed by atoms with Gasteiger partial charge in [0.1, 0.15) is 0 Å². The maximum absolute atomic E-state index is 13.1. The van der Waals surface area contributed by atoms with Crippen LogP contribution in [0.1, 0.15) is 77.6 Å². The fourth-order valence-corrected chi connectivity index (χ4v) is 7.31. The Bertz CT molecular complexity index is 938. The second-order valence-corrected chi connectivity index (χ2v) is 11.7. The highest BCUT2D eigenvalue weighted by molar-refractivity contribution is 5.36. The lowest BCUT2D eigenvalue weighted by Crippen LogP contribution is -2.55. The summed E-state index contributed by atoms with van der Waals surface area (Å²) in [4.78, 5) is 0. The van der Waals surface area contributed by atoms with Crippen molar-refractivity contribution in [2.24, 2.45) is 22.7 Å². The van der Waals surface area contributed by atoms with Gasteiger partial charge in [-0.15, -0.1) is 0 Å². The first-order valence-corrected chi connectivity index (χ1v) is 12.9. The predicted molar refractivity (Wildman–Crippen MR) is 126 cm³/mol. The van der Waals surface area contributed by atoms with E-state index in [1.165, 1.54) is 5.57 Å². The summed E-state index contributed by atoms with van der Waals surface area (Å²) in [5.74, 6) is 0.547. The van der Waals surface area contributed by atoms with Gasteiger partial charge in [0.25, 0.3) is 5.60 Å². The van der Waals surface area contributed by atoms with Crippen molar-refractivity contribution >= 4 is 0 Å². The van der Waals surface area contributed by atoms with Gasteiger partial charge in [0, 0.05) is 0 Å². The van der Waals surface area contributed by atoms with Crippen molar-refractivity contribution in [3.63, 3.8) is 0 Å². The Morgan fingerprint density at radius 1 is 0.972 bits per heavy atom. The molecule has 0 heterocycles. The number of hydrogen-bond acceptors (Lipinski definition) is 2. The number of rotatable bonds is 5. The summed E-state index contributed by atoms with van der Waals surface area (Å²) in [6.07, 6.45) is 1.67. The summed E-state index contributed by atoms with van der Waals surface area (Å²) in [6.45, 7) is 6.37. The van der Waals surface area contributed by atoms with E-state index in [1.54, 1.807) is 0 Å². The molecule has 0 bridgehead atoms. The van der Waals surface area contributed by atoms with Crippen LogP contribution in [0.2, 0.25) is 0 Å². The van der Waals surface area contributed by atoms with Crippen LogP contribution in [0.25, 0.3) is 0 Å². The normalized spacial score (nSPS) is 35.6. The van der Waals surface area contributed by atoms with Gasteiger partial charge < -0.3 is 10.2 Å². The number of aliphatic hydroxyl groups excluding tert-OH is 1. The van der Waals surface area contributed by atoms with Crippen molar-refractivity contribution in [2.75, 3.05) is 0 Å². The van der Waals surface area contributed by atoms with E-state index in [4.69, 9.17) is 0 Å². The third-order valence-corrected chi connectivity index (χ3v) is 9.53. The minimum absolute atomic E-state index is 0.0552. The van der Waals surface area contributed by atoms with Crippen LogP contribution in [0.3, 0.4) is 0 Å². The Kier molecular flexibility index (Phi) is 7.13. The highest BCUT2D eigenvalue weighted by Crippen LogP contribution is 2.69. The summed E-state index contributed by atoms with van der Waals surface area (Å²) >= 11 is 0. The zero-order valence-electron chi connectivity index (χ0n) is 20.7. The molecular weight excluding hydrogens is 482 g/mol. The smallest absolute Gasteiger partial charge is 0.393 e. The average Bonchev–Trinajstić information content (AvgIpc) is 3.45. The van der Waals surface area contributed by atoms with Gasteiger partial charge in [-0.1, -0.05) is 42.9 Å². The summed E-state index contributed by atoms with van der Waals surface area (Å²) in [7, 11) is 0. The van der Waals surface area contributed by atoms with Gasteiger partial charge >= 0.3 is 12.4 Å². The Morgan fingerprint density at radius 3 is 2.25 bits per heavy atom. The van der Waals surface area contributed by atoms with Crippen molar-refractivity contribution < 1.29 is 36.6 Å². The summed E-state index contributed by atoms with van der Waals surface area (Å²) in [5, 5.41) is 19.5. The van der Waals surface area contributed by atoms with E-state index in [0.717, 1.165) is 75.0 Å². The van der Waals surface area contributed by atoms with Gasteiger partial charge in [-0.2, -0.15) is 26.3 Å². The minimum Gasteiger partial charge on any atom is -0.393 e. The number of halogens is 6. The number of hydrogen-bond donors (Lipinski definition) is 2. The van der Waals surface area contributed by atoms with Crippen molar-refractivity contribution in [1.82, 2.24) is 0 Å². The van der Waals surface area contributed by atoms with E-state index in [2.05, 4.69) is 25.7 Å². The molecule has 4 saturated carbocycles. The van der Waals surface area contributed by atoms with Crippen LogP contribution < -0.4 is 0 Å². The van der Waals surface area contributed by atoms with Gasteiger partial charge in [0.05, 0.1) is 6.10 Å². The molecule has 2 nitrogen and oxygen atoms in total. The molecule has 2 N–H and O–H groups in total. The molecule has 36 heavy (non-hydrogen) atoms. The van der Waals surface area contributed by atoms with Crippen LogP contribution in [0.15, 0.2) is 47.6 Å². The van der Waals surface area contributed by atoms with E-state index in [-0.39, 0.29) is 35.3 Å². The highest BCUT2D eigenvalue weighted by atomic mass is 19.4. The van der Waals surface area contributed by atoms with E-state index >= 15 is 0 Å². The molecule has 0 aromatic heterocycles. The molecule has 4 aliphatic carbocycles. The molecule has 4 fully saturated rings. The Labute approximate surface area is 208 Å².